The van der Waals surface area contributed by atoms with Gasteiger partial charge in [0, 0.05) is 5.92 Å². The van der Waals surface area contributed by atoms with Crippen LogP contribution in [0.5, 0.6) is 0 Å². The highest BCUT2D eigenvalue weighted by atomic mass is 32.2. The van der Waals surface area contributed by atoms with Crippen molar-refractivity contribution in [1.29, 1.82) is 0 Å². The molecule has 0 aromatic carbocycles. The van der Waals surface area contributed by atoms with Gasteiger partial charge < -0.3 is 5.73 Å². The van der Waals surface area contributed by atoms with E-state index in [2.05, 4.69) is 35.3 Å². The molecule has 0 fully saturated rings. The lowest BCUT2D eigenvalue weighted by atomic mass is 10.2. The van der Waals surface area contributed by atoms with Crippen LogP contribution in [0.3, 0.4) is 0 Å². The number of nitrogens with zero attached hydrogens (tertiary/aromatic N) is 2. The number of aromatic nitrogens is 3. The molecule has 0 aliphatic rings. The number of aromatic amines is 1. The molecule has 1 rings (SSSR count). The molecule has 4 nitrogen and oxygen atoms in total. The van der Waals surface area contributed by atoms with E-state index >= 15 is 0 Å². The van der Waals surface area contributed by atoms with E-state index in [-0.39, 0.29) is 6.04 Å². The van der Waals surface area contributed by atoms with Crippen molar-refractivity contribution in [3.63, 3.8) is 0 Å². The molecule has 1 atom stereocenters. The van der Waals surface area contributed by atoms with Crippen LogP contribution in [0.25, 0.3) is 0 Å². The van der Waals surface area contributed by atoms with Crippen molar-refractivity contribution in [1.82, 2.24) is 15.2 Å². The number of rotatable bonds is 5. The minimum absolute atomic E-state index is 0.0116. The quantitative estimate of drug-likeness (QED) is 0.782. The predicted molar refractivity (Wildman–Crippen MR) is 60.4 cm³/mol. The highest BCUT2D eigenvalue weighted by molar-refractivity contribution is 7.98. The summed E-state index contributed by atoms with van der Waals surface area (Å²) in [5.74, 6) is 3.06. The normalized spacial score (nSPS) is 13.5. The fourth-order valence-electron chi connectivity index (χ4n) is 1.09. The van der Waals surface area contributed by atoms with Gasteiger partial charge in [-0.05, 0) is 18.4 Å². The Morgan fingerprint density at radius 3 is 2.71 bits per heavy atom. The highest BCUT2D eigenvalue weighted by Crippen LogP contribution is 2.14. The smallest absolute Gasteiger partial charge is 0.153 e. The maximum Gasteiger partial charge on any atom is 0.153 e. The van der Waals surface area contributed by atoms with Crippen molar-refractivity contribution in [3.05, 3.63) is 11.6 Å². The Morgan fingerprint density at radius 2 is 2.21 bits per heavy atom. The molecule has 1 aromatic rings. The van der Waals surface area contributed by atoms with Gasteiger partial charge in [0.1, 0.15) is 5.82 Å². The lowest BCUT2D eigenvalue weighted by Gasteiger charge is -2.05. The number of thioether (sulfide) groups is 1. The summed E-state index contributed by atoms with van der Waals surface area (Å²) >= 11 is 1.80. The summed E-state index contributed by atoms with van der Waals surface area (Å²) in [6, 6.07) is -0.0116. The Morgan fingerprint density at radius 1 is 1.50 bits per heavy atom. The third-order valence-electron chi connectivity index (χ3n) is 2.02. The third kappa shape index (κ3) is 2.99. The minimum Gasteiger partial charge on any atom is -0.321 e. The first-order valence-electron chi connectivity index (χ1n) is 4.81. The average Bonchev–Trinajstić information content (AvgIpc) is 2.62. The topological polar surface area (TPSA) is 67.6 Å². The lowest BCUT2D eigenvalue weighted by Crippen LogP contribution is -2.13. The first-order valence-corrected chi connectivity index (χ1v) is 6.21. The molecule has 3 N–H and O–H groups in total. The van der Waals surface area contributed by atoms with E-state index in [0.29, 0.717) is 5.92 Å². The number of H-pyrrole nitrogens is 1. The average molecular weight is 214 g/mol. The molecule has 0 radical (unpaired) electrons. The van der Waals surface area contributed by atoms with Gasteiger partial charge in [-0.3, -0.25) is 5.10 Å². The van der Waals surface area contributed by atoms with E-state index in [4.69, 9.17) is 5.73 Å². The molecule has 0 spiro atoms. The van der Waals surface area contributed by atoms with Crippen molar-refractivity contribution in [2.45, 2.75) is 32.2 Å². The van der Waals surface area contributed by atoms with Crippen LogP contribution in [0.4, 0.5) is 0 Å². The van der Waals surface area contributed by atoms with Gasteiger partial charge in [-0.15, -0.1) is 0 Å². The summed E-state index contributed by atoms with van der Waals surface area (Å²) in [6.45, 7) is 4.14. The lowest BCUT2D eigenvalue weighted by molar-refractivity contribution is 0.656. The maximum atomic E-state index is 5.95. The van der Waals surface area contributed by atoms with Crippen LogP contribution in [-0.2, 0) is 0 Å². The number of nitrogens with one attached hydrogen (secondary N) is 1. The van der Waals surface area contributed by atoms with Crippen LogP contribution < -0.4 is 5.73 Å². The molecule has 0 aliphatic carbocycles. The van der Waals surface area contributed by atoms with Crippen LogP contribution in [0.15, 0.2) is 0 Å². The fourth-order valence-corrected chi connectivity index (χ4v) is 1.58. The Balaban J connectivity index is 2.57. The first-order chi connectivity index (χ1) is 6.65. The van der Waals surface area contributed by atoms with E-state index in [1.165, 1.54) is 0 Å². The van der Waals surface area contributed by atoms with Crippen LogP contribution in [0.2, 0.25) is 0 Å². The molecule has 0 saturated carbocycles. The highest BCUT2D eigenvalue weighted by Gasteiger charge is 2.12. The Kier molecular flexibility index (Phi) is 4.41. The summed E-state index contributed by atoms with van der Waals surface area (Å²) in [5.41, 5.74) is 5.95. The Labute approximate surface area is 89.1 Å². The van der Waals surface area contributed by atoms with E-state index in [1.807, 2.05) is 0 Å². The molecule has 0 saturated heterocycles. The Hall–Kier alpha value is -0.550. The zero-order chi connectivity index (χ0) is 10.6. The largest absolute Gasteiger partial charge is 0.321 e. The second-order valence-electron chi connectivity index (χ2n) is 3.62. The van der Waals surface area contributed by atoms with Crippen LogP contribution in [-0.4, -0.2) is 27.2 Å². The van der Waals surface area contributed by atoms with Gasteiger partial charge in [-0.2, -0.15) is 16.9 Å². The molecule has 80 valence electrons. The van der Waals surface area contributed by atoms with Crippen LogP contribution in [0.1, 0.15) is 43.9 Å². The molecule has 5 heteroatoms. The standard InChI is InChI=1S/C9H18N4S/c1-6(2)8-11-9(13-12-8)7(10)4-5-14-3/h6-7H,4-5,10H2,1-3H3,(H,11,12,13)/t7-/m1/s1. The number of nitrogens with two attached hydrogens (primary N) is 1. The molecule has 0 unspecified atom stereocenters. The van der Waals surface area contributed by atoms with Gasteiger partial charge in [-0.25, -0.2) is 4.98 Å². The van der Waals surface area contributed by atoms with Gasteiger partial charge in [0.05, 0.1) is 6.04 Å². The van der Waals surface area contributed by atoms with Crippen molar-refractivity contribution < 1.29 is 0 Å². The van der Waals surface area contributed by atoms with E-state index in [0.717, 1.165) is 23.8 Å². The van der Waals surface area contributed by atoms with Crippen LogP contribution >= 0.6 is 11.8 Å². The molecular formula is C9H18N4S. The SMILES string of the molecule is CSCC[C@@H](N)c1nc(C(C)C)n[nH]1. The summed E-state index contributed by atoms with van der Waals surface area (Å²) < 4.78 is 0. The molecule has 0 amide bonds. The molecule has 1 heterocycles. The second kappa shape index (κ2) is 5.36. The van der Waals surface area contributed by atoms with Gasteiger partial charge in [0.2, 0.25) is 0 Å². The van der Waals surface area contributed by atoms with E-state index in [1.54, 1.807) is 11.8 Å². The first kappa shape index (κ1) is 11.5. The van der Waals surface area contributed by atoms with Crippen molar-refractivity contribution in [2.24, 2.45) is 5.73 Å². The fraction of sp³-hybridized carbons (Fsp3) is 0.778. The van der Waals surface area contributed by atoms with Gasteiger partial charge in [-0.1, -0.05) is 13.8 Å². The van der Waals surface area contributed by atoms with Crippen molar-refractivity contribution in [2.75, 3.05) is 12.0 Å². The van der Waals surface area contributed by atoms with E-state index in [9.17, 15) is 0 Å². The monoisotopic (exact) mass is 214 g/mol. The zero-order valence-corrected chi connectivity index (χ0v) is 9.77. The third-order valence-corrected chi connectivity index (χ3v) is 2.66. The molecule has 0 aliphatic heterocycles. The Bertz CT molecular complexity index is 272. The van der Waals surface area contributed by atoms with Gasteiger partial charge in [0.25, 0.3) is 0 Å². The molecule has 0 bridgehead atoms. The number of hydrogen-bond acceptors (Lipinski definition) is 4. The predicted octanol–water partition coefficient (Wildman–Crippen LogP) is 1.68. The zero-order valence-electron chi connectivity index (χ0n) is 8.95. The van der Waals surface area contributed by atoms with Crippen molar-refractivity contribution >= 4 is 11.8 Å². The minimum atomic E-state index is -0.0116. The van der Waals surface area contributed by atoms with Gasteiger partial charge in [0.15, 0.2) is 5.82 Å². The summed E-state index contributed by atoms with van der Waals surface area (Å²) in [6.07, 6.45) is 3.01. The molecular weight excluding hydrogens is 196 g/mol. The van der Waals surface area contributed by atoms with E-state index < -0.39 is 0 Å². The second-order valence-corrected chi connectivity index (χ2v) is 4.61. The molecule has 1 aromatic heterocycles. The maximum absolute atomic E-state index is 5.95. The summed E-state index contributed by atoms with van der Waals surface area (Å²) in [7, 11) is 0. The summed E-state index contributed by atoms with van der Waals surface area (Å²) in [5, 5.41) is 7.02. The van der Waals surface area contributed by atoms with Crippen LogP contribution in [0, 0.1) is 0 Å². The van der Waals surface area contributed by atoms with Gasteiger partial charge >= 0.3 is 0 Å². The van der Waals surface area contributed by atoms with Crippen molar-refractivity contribution in [3.8, 4) is 0 Å². The number of hydrogen-bond donors (Lipinski definition) is 2. The molecule has 14 heavy (non-hydrogen) atoms. The summed E-state index contributed by atoms with van der Waals surface area (Å²) in [4.78, 5) is 4.36.